The molecule has 0 aliphatic carbocycles. The van der Waals surface area contributed by atoms with Crippen LogP contribution in [0.15, 0.2) is 36.9 Å². The molecule has 6 amide bonds. The van der Waals surface area contributed by atoms with Crippen molar-refractivity contribution in [3.8, 4) is 0 Å². The van der Waals surface area contributed by atoms with Crippen molar-refractivity contribution >= 4 is 58.8 Å². The SMILES string of the molecule is Cn1cc(NC(=O)OC(C)(C)C)cc1C(=O)Nc1cn(C)c(C(=O)NCCCNC(=O)c2nc(NC(=O)c3cc(NC(=O)OC(C)(C)C)cn3C)cn2C)n1. The number of rotatable bonds is 12. The fraction of sp³-hybridized carbons (Fsp3) is 0.429. The van der Waals surface area contributed by atoms with Crippen LogP contribution < -0.4 is 31.9 Å². The molecule has 0 aromatic carbocycles. The molecule has 0 spiro atoms. The predicted octanol–water partition coefficient (Wildman–Crippen LogP) is 3.58. The van der Waals surface area contributed by atoms with Gasteiger partial charge in [0.25, 0.3) is 23.6 Å². The van der Waals surface area contributed by atoms with Crippen LogP contribution in [0.2, 0.25) is 0 Å². The number of nitrogens with zero attached hydrogens (tertiary/aromatic N) is 6. The van der Waals surface area contributed by atoms with Crippen molar-refractivity contribution in [1.82, 2.24) is 38.9 Å². The van der Waals surface area contributed by atoms with E-state index in [-0.39, 0.29) is 47.8 Å². The Morgan fingerprint density at radius 1 is 0.545 bits per heavy atom. The van der Waals surface area contributed by atoms with Crippen molar-refractivity contribution in [1.29, 1.82) is 0 Å². The number of aromatic nitrogens is 6. The largest absolute Gasteiger partial charge is 0.444 e. The highest BCUT2D eigenvalue weighted by Gasteiger charge is 2.22. The van der Waals surface area contributed by atoms with Crippen molar-refractivity contribution in [3.05, 3.63) is 60.0 Å². The molecule has 4 aromatic rings. The molecule has 55 heavy (non-hydrogen) atoms. The monoisotopic (exact) mass is 764 g/mol. The van der Waals surface area contributed by atoms with E-state index in [1.54, 1.807) is 82.1 Å². The Labute approximate surface area is 317 Å². The number of aryl methyl sites for hydroxylation is 4. The van der Waals surface area contributed by atoms with Gasteiger partial charge in [0.2, 0.25) is 11.6 Å². The second-order valence-corrected chi connectivity index (χ2v) is 14.6. The maximum Gasteiger partial charge on any atom is 0.412 e. The lowest BCUT2D eigenvalue weighted by atomic mass is 10.2. The van der Waals surface area contributed by atoms with Crippen LogP contribution in [0.3, 0.4) is 0 Å². The lowest BCUT2D eigenvalue weighted by Crippen LogP contribution is -2.32. The normalized spacial score (nSPS) is 11.4. The van der Waals surface area contributed by atoms with Gasteiger partial charge in [-0.1, -0.05) is 0 Å². The zero-order chi connectivity index (χ0) is 40.8. The lowest BCUT2D eigenvalue weighted by molar-refractivity contribution is 0.0624. The second kappa shape index (κ2) is 16.6. The maximum absolute atomic E-state index is 13.0. The van der Waals surface area contributed by atoms with Crippen molar-refractivity contribution in [2.75, 3.05) is 34.4 Å². The summed E-state index contributed by atoms with van der Waals surface area (Å²) in [6.07, 6.45) is 5.15. The highest BCUT2D eigenvalue weighted by Crippen LogP contribution is 2.19. The smallest absolute Gasteiger partial charge is 0.412 e. The third-order valence-electron chi connectivity index (χ3n) is 7.33. The molecule has 0 saturated carbocycles. The summed E-state index contributed by atoms with van der Waals surface area (Å²) >= 11 is 0. The van der Waals surface area contributed by atoms with E-state index in [4.69, 9.17) is 9.47 Å². The Bertz CT molecular complexity index is 1940. The van der Waals surface area contributed by atoms with E-state index < -0.39 is 47.0 Å². The van der Waals surface area contributed by atoms with Crippen molar-refractivity contribution < 1.29 is 38.2 Å². The van der Waals surface area contributed by atoms with Crippen LogP contribution in [-0.4, -0.2) is 88.3 Å². The summed E-state index contributed by atoms with van der Waals surface area (Å²) in [6.45, 7) is 10.8. The number of amides is 6. The van der Waals surface area contributed by atoms with Crippen LogP contribution in [0.25, 0.3) is 0 Å². The van der Waals surface area contributed by atoms with E-state index in [9.17, 15) is 28.8 Å². The lowest BCUT2D eigenvalue weighted by Gasteiger charge is -2.19. The second-order valence-electron chi connectivity index (χ2n) is 14.6. The summed E-state index contributed by atoms with van der Waals surface area (Å²) in [6, 6.07) is 2.96. The quantitative estimate of drug-likeness (QED) is 0.115. The molecule has 0 saturated heterocycles. The van der Waals surface area contributed by atoms with E-state index >= 15 is 0 Å². The van der Waals surface area contributed by atoms with E-state index in [0.717, 1.165) is 0 Å². The number of carbonyl (C=O) groups excluding carboxylic acids is 6. The van der Waals surface area contributed by atoms with E-state index in [2.05, 4.69) is 41.9 Å². The van der Waals surface area contributed by atoms with Crippen molar-refractivity contribution in [2.45, 2.75) is 59.2 Å². The summed E-state index contributed by atoms with van der Waals surface area (Å²) < 4.78 is 16.5. The zero-order valence-electron chi connectivity index (χ0n) is 32.5. The number of hydrogen-bond donors (Lipinski definition) is 6. The highest BCUT2D eigenvalue weighted by atomic mass is 16.6. The molecule has 296 valence electrons. The van der Waals surface area contributed by atoms with Gasteiger partial charge in [-0.2, -0.15) is 0 Å². The van der Waals surface area contributed by atoms with Crippen LogP contribution >= 0.6 is 0 Å². The number of anilines is 4. The summed E-state index contributed by atoms with van der Waals surface area (Å²) in [7, 11) is 6.49. The first-order chi connectivity index (χ1) is 25.6. The van der Waals surface area contributed by atoms with Gasteiger partial charge in [-0.15, -0.1) is 0 Å². The van der Waals surface area contributed by atoms with Gasteiger partial charge in [-0.05, 0) is 60.1 Å². The number of carbonyl (C=O) groups is 6. The fourth-order valence-electron chi connectivity index (χ4n) is 5.05. The maximum atomic E-state index is 13.0. The molecule has 0 bridgehead atoms. The van der Waals surface area contributed by atoms with Crippen molar-refractivity contribution in [3.63, 3.8) is 0 Å². The fourth-order valence-corrected chi connectivity index (χ4v) is 5.05. The van der Waals surface area contributed by atoms with Gasteiger partial charge in [-0.3, -0.25) is 29.8 Å². The first-order valence-corrected chi connectivity index (χ1v) is 17.2. The molecular weight excluding hydrogens is 716 g/mol. The summed E-state index contributed by atoms with van der Waals surface area (Å²) in [5.41, 5.74) is -0.183. The molecule has 0 aliphatic heterocycles. The Morgan fingerprint density at radius 3 is 1.25 bits per heavy atom. The third kappa shape index (κ3) is 11.7. The van der Waals surface area contributed by atoms with Crippen LogP contribution in [0.5, 0.6) is 0 Å². The molecule has 0 aliphatic rings. The Morgan fingerprint density at radius 2 is 0.909 bits per heavy atom. The van der Waals surface area contributed by atoms with Gasteiger partial charge in [-0.25, -0.2) is 19.6 Å². The first kappa shape index (κ1) is 41.2. The van der Waals surface area contributed by atoms with E-state index in [1.807, 2.05) is 0 Å². The molecule has 0 radical (unpaired) electrons. The average molecular weight is 765 g/mol. The standard InChI is InChI=1S/C35H48N12O8/c1-34(2,3)54-32(52)38-20-14-22(44(7)16-20)28(48)42-24-18-46(9)26(40-24)30(50)36-12-11-13-37-31(51)27-41-25(19-47(27)10)43-29(49)23-15-21(17-45(23)8)39-33(53)55-35(4,5)6/h14-19H,11-13H2,1-10H3,(H,36,50)(H,37,51)(H,38,52)(H,39,53)(H,42,48)(H,43,49). The summed E-state index contributed by atoms with van der Waals surface area (Å²) in [4.78, 5) is 84.3. The van der Waals surface area contributed by atoms with Gasteiger partial charge in [0.05, 0.1) is 11.4 Å². The minimum absolute atomic E-state index is 0.0481. The van der Waals surface area contributed by atoms with Crippen LogP contribution in [-0.2, 0) is 37.7 Å². The number of nitrogens with one attached hydrogen (secondary N) is 6. The molecule has 0 unspecified atom stereocenters. The van der Waals surface area contributed by atoms with Gasteiger partial charge < -0.3 is 49.0 Å². The Kier molecular flexibility index (Phi) is 12.4. The molecule has 4 heterocycles. The molecule has 0 fully saturated rings. The summed E-state index contributed by atoms with van der Waals surface area (Å²) in [5.74, 6) is -1.63. The molecule has 20 nitrogen and oxygen atoms in total. The third-order valence-corrected chi connectivity index (χ3v) is 7.33. The molecule has 0 atom stereocenters. The molecule has 4 aromatic heterocycles. The minimum Gasteiger partial charge on any atom is -0.444 e. The van der Waals surface area contributed by atoms with Crippen molar-refractivity contribution in [2.24, 2.45) is 28.2 Å². The highest BCUT2D eigenvalue weighted by molar-refractivity contribution is 6.05. The predicted molar refractivity (Wildman–Crippen MR) is 202 cm³/mol. The van der Waals surface area contributed by atoms with E-state index in [1.165, 1.54) is 42.8 Å². The van der Waals surface area contributed by atoms with Crippen LogP contribution in [0.1, 0.15) is 90.2 Å². The molecule has 20 heteroatoms. The Balaban J connectivity index is 1.22. The zero-order valence-corrected chi connectivity index (χ0v) is 32.5. The van der Waals surface area contributed by atoms with Crippen LogP contribution in [0.4, 0.5) is 32.6 Å². The molecular formula is C35H48N12O8. The van der Waals surface area contributed by atoms with Gasteiger partial charge in [0, 0.05) is 66.1 Å². The van der Waals surface area contributed by atoms with E-state index in [0.29, 0.717) is 17.8 Å². The summed E-state index contributed by atoms with van der Waals surface area (Å²) in [5, 5.41) is 15.9. The minimum atomic E-state index is -0.685. The first-order valence-electron chi connectivity index (χ1n) is 17.2. The molecule has 6 N–H and O–H groups in total. The topological polar surface area (TPSA) is 239 Å². The van der Waals surface area contributed by atoms with Gasteiger partial charge in [0.1, 0.15) is 22.6 Å². The number of ether oxygens (including phenoxy) is 2. The number of hydrogen-bond acceptors (Lipinski definition) is 10. The van der Waals surface area contributed by atoms with Gasteiger partial charge >= 0.3 is 12.2 Å². The average Bonchev–Trinajstić information content (AvgIpc) is 3.80. The van der Waals surface area contributed by atoms with Crippen LogP contribution in [0, 0.1) is 0 Å². The number of imidazole rings is 2. The molecule has 4 rings (SSSR count). The van der Waals surface area contributed by atoms with Gasteiger partial charge in [0.15, 0.2) is 11.6 Å². The Hall–Kier alpha value is -6.60.